The zero-order valence-electron chi connectivity index (χ0n) is 11.2. The van der Waals surface area contributed by atoms with Crippen molar-refractivity contribution in [2.24, 2.45) is 0 Å². The van der Waals surface area contributed by atoms with Crippen molar-refractivity contribution in [2.75, 3.05) is 0 Å². The molecule has 0 aliphatic heterocycles. The summed E-state index contributed by atoms with van der Waals surface area (Å²) in [5.74, 6) is -1.50. The van der Waals surface area contributed by atoms with Gasteiger partial charge in [0.15, 0.2) is 0 Å². The maximum atomic E-state index is 12.5. The first-order valence-electron chi connectivity index (χ1n) is 5.96. The van der Waals surface area contributed by atoms with Gasteiger partial charge in [-0.15, -0.1) is 18.0 Å². The Labute approximate surface area is 132 Å². The first kappa shape index (κ1) is 16.7. The Morgan fingerprint density at radius 2 is 2.13 bits per heavy atom. The summed E-state index contributed by atoms with van der Waals surface area (Å²) in [5.41, 5.74) is -0.347. The maximum absolute atomic E-state index is 12.5. The summed E-state index contributed by atoms with van der Waals surface area (Å²) in [6.07, 6.45) is -3.79. The van der Waals surface area contributed by atoms with Crippen LogP contribution in [0.5, 0.6) is 11.6 Å². The van der Waals surface area contributed by atoms with Gasteiger partial charge < -0.3 is 14.7 Å². The topological polar surface area (TPSA) is 85.6 Å². The molecule has 1 aromatic heterocycles. The highest BCUT2D eigenvalue weighted by Crippen LogP contribution is 2.29. The van der Waals surface area contributed by atoms with Crippen LogP contribution in [-0.4, -0.2) is 27.4 Å². The molecule has 0 aliphatic rings. The van der Waals surface area contributed by atoms with Crippen molar-refractivity contribution in [3.8, 4) is 11.6 Å². The number of ether oxygens (including phenoxy) is 2. The zero-order valence-corrected chi connectivity index (χ0v) is 11.9. The molecule has 0 aliphatic carbocycles. The van der Waals surface area contributed by atoms with Gasteiger partial charge in [0.1, 0.15) is 12.4 Å². The summed E-state index contributed by atoms with van der Waals surface area (Å²) >= 11 is 5.21. The van der Waals surface area contributed by atoms with Gasteiger partial charge in [0, 0.05) is 23.4 Å². The minimum Gasteiger partial charge on any atom is -0.471 e. The van der Waals surface area contributed by atoms with E-state index in [0.717, 1.165) is 12.3 Å². The number of halogens is 4. The van der Waals surface area contributed by atoms with Crippen LogP contribution < -0.4 is 14.3 Å². The lowest BCUT2D eigenvalue weighted by Gasteiger charge is -2.15. The highest BCUT2D eigenvalue weighted by Gasteiger charge is 2.33. The molecular weight excluding hydrogens is 343 g/mol. The van der Waals surface area contributed by atoms with Crippen LogP contribution in [0.2, 0.25) is 0 Å². The standard InChI is InChI=1S/C12H9ClF3N3O4/c13-17-11(20)7-2-1-3-9(23-12(14,15)16)8(7)6-22-10-4-5-19(21)18-10/h1-5,21H,6H2,(H,17,20). The van der Waals surface area contributed by atoms with Crippen molar-refractivity contribution < 1.29 is 32.6 Å². The summed E-state index contributed by atoms with van der Waals surface area (Å²) in [4.78, 5) is 13.9. The van der Waals surface area contributed by atoms with Gasteiger partial charge in [-0.2, -0.15) is 0 Å². The molecule has 0 atom stereocenters. The number of hydrogen-bond donors (Lipinski definition) is 2. The fourth-order valence-corrected chi connectivity index (χ4v) is 1.82. The molecule has 11 heteroatoms. The van der Waals surface area contributed by atoms with E-state index < -0.39 is 24.6 Å². The minimum absolute atomic E-state index is 0.0634. The van der Waals surface area contributed by atoms with Crippen LogP contribution in [0.15, 0.2) is 30.5 Å². The van der Waals surface area contributed by atoms with Gasteiger partial charge in [-0.25, -0.2) is 0 Å². The number of rotatable bonds is 5. The summed E-state index contributed by atoms with van der Waals surface area (Å²) in [6, 6.07) is 4.76. The number of amides is 1. The molecule has 1 heterocycles. The maximum Gasteiger partial charge on any atom is 0.573 e. The van der Waals surface area contributed by atoms with Gasteiger partial charge >= 0.3 is 6.36 Å². The average molecular weight is 352 g/mol. The fourth-order valence-electron chi connectivity index (χ4n) is 1.72. The molecule has 1 amide bonds. The highest BCUT2D eigenvalue weighted by atomic mass is 35.5. The first-order chi connectivity index (χ1) is 10.8. The van der Waals surface area contributed by atoms with E-state index in [4.69, 9.17) is 21.7 Å². The summed E-state index contributed by atoms with van der Waals surface area (Å²) in [6.45, 7) is -0.469. The summed E-state index contributed by atoms with van der Waals surface area (Å²) < 4.78 is 46.4. The van der Waals surface area contributed by atoms with Crippen LogP contribution in [0.1, 0.15) is 15.9 Å². The number of hydrogen-bond acceptors (Lipinski definition) is 5. The quantitative estimate of drug-likeness (QED) is 0.638. The number of aromatic nitrogens is 2. The smallest absolute Gasteiger partial charge is 0.471 e. The Morgan fingerprint density at radius 1 is 1.39 bits per heavy atom. The van der Waals surface area contributed by atoms with Gasteiger partial charge in [0.2, 0.25) is 5.88 Å². The van der Waals surface area contributed by atoms with Crippen LogP contribution in [0, 0.1) is 0 Å². The Balaban J connectivity index is 2.33. The van der Waals surface area contributed by atoms with Gasteiger partial charge in [0.25, 0.3) is 5.91 Å². The van der Waals surface area contributed by atoms with Crippen LogP contribution in [0.25, 0.3) is 0 Å². The number of carbonyl (C=O) groups excluding carboxylic acids is 1. The van der Waals surface area contributed by atoms with Gasteiger partial charge in [-0.1, -0.05) is 11.2 Å². The monoisotopic (exact) mass is 351 g/mol. The van der Waals surface area contributed by atoms with Gasteiger partial charge in [-0.3, -0.25) is 9.63 Å². The van der Waals surface area contributed by atoms with E-state index in [-0.39, 0.29) is 17.0 Å². The molecule has 2 N–H and O–H groups in total. The number of benzene rings is 1. The molecule has 2 rings (SSSR count). The molecule has 1 aromatic carbocycles. The number of nitrogens with zero attached hydrogens (tertiary/aromatic N) is 2. The van der Waals surface area contributed by atoms with Gasteiger partial charge in [-0.05, 0) is 12.1 Å². The molecule has 0 bridgehead atoms. The van der Waals surface area contributed by atoms with E-state index in [2.05, 4.69) is 9.84 Å². The molecule has 0 fully saturated rings. The van der Waals surface area contributed by atoms with Crippen LogP contribution >= 0.6 is 11.8 Å². The van der Waals surface area contributed by atoms with Crippen LogP contribution in [-0.2, 0) is 6.61 Å². The Morgan fingerprint density at radius 3 is 2.70 bits per heavy atom. The van der Waals surface area contributed by atoms with E-state index in [1.54, 1.807) is 4.84 Å². The van der Waals surface area contributed by atoms with Crippen molar-refractivity contribution in [1.29, 1.82) is 0 Å². The van der Waals surface area contributed by atoms with E-state index in [1.165, 1.54) is 18.2 Å². The second-order valence-electron chi connectivity index (χ2n) is 4.12. The van der Waals surface area contributed by atoms with E-state index in [9.17, 15) is 18.0 Å². The Bertz CT molecular complexity index is 705. The van der Waals surface area contributed by atoms with E-state index in [1.807, 2.05) is 0 Å². The summed E-state index contributed by atoms with van der Waals surface area (Å²) in [7, 11) is 0. The van der Waals surface area contributed by atoms with Crippen LogP contribution in [0.3, 0.4) is 0 Å². The zero-order chi connectivity index (χ0) is 17.0. The van der Waals surface area contributed by atoms with Crippen molar-refractivity contribution in [3.63, 3.8) is 0 Å². The summed E-state index contributed by atoms with van der Waals surface area (Å²) in [5, 5.41) is 12.5. The number of carbonyl (C=O) groups is 1. The second kappa shape index (κ2) is 6.65. The highest BCUT2D eigenvalue weighted by molar-refractivity contribution is 6.24. The third kappa shape index (κ3) is 4.42. The molecule has 0 unspecified atom stereocenters. The van der Waals surface area contributed by atoms with E-state index in [0.29, 0.717) is 4.85 Å². The van der Waals surface area contributed by atoms with Crippen molar-refractivity contribution >= 4 is 17.7 Å². The molecule has 0 saturated carbocycles. The average Bonchev–Trinajstić information content (AvgIpc) is 2.89. The second-order valence-corrected chi connectivity index (χ2v) is 4.31. The molecule has 0 saturated heterocycles. The lowest BCUT2D eigenvalue weighted by molar-refractivity contribution is -0.275. The largest absolute Gasteiger partial charge is 0.573 e. The Hall–Kier alpha value is -2.62. The fraction of sp³-hybridized carbons (Fsp3) is 0.167. The molecule has 0 spiro atoms. The van der Waals surface area contributed by atoms with Gasteiger partial charge in [0.05, 0.1) is 11.8 Å². The molecule has 124 valence electrons. The number of nitrogens with one attached hydrogen (secondary N) is 1. The number of alkyl halides is 3. The lowest BCUT2D eigenvalue weighted by atomic mass is 10.1. The predicted octanol–water partition coefficient (Wildman–Crippen LogP) is 2.48. The normalized spacial score (nSPS) is 11.1. The Kier molecular flexibility index (Phi) is 4.84. The third-order valence-electron chi connectivity index (χ3n) is 2.61. The van der Waals surface area contributed by atoms with Crippen molar-refractivity contribution in [3.05, 3.63) is 41.6 Å². The van der Waals surface area contributed by atoms with E-state index >= 15 is 0 Å². The third-order valence-corrected chi connectivity index (χ3v) is 2.78. The SMILES string of the molecule is O=C(NCl)c1cccc(OC(F)(F)F)c1COc1ccn(O)n1. The molecular formula is C12H9ClF3N3O4. The molecule has 7 nitrogen and oxygen atoms in total. The molecule has 0 radical (unpaired) electrons. The lowest BCUT2D eigenvalue weighted by Crippen LogP contribution is -2.21. The first-order valence-corrected chi connectivity index (χ1v) is 6.34. The van der Waals surface area contributed by atoms with Crippen LogP contribution in [0.4, 0.5) is 13.2 Å². The molecule has 2 aromatic rings. The minimum atomic E-state index is -4.95. The van der Waals surface area contributed by atoms with Crippen molar-refractivity contribution in [1.82, 2.24) is 14.8 Å². The molecule has 23 heavy (non-hydrogen) atoms. The predicted molar refractivity (Wildman–Crippen MR) is 70.2 cm³/mol. The van der Waals surface area contributed by atoms with Crippen molar-refractivity contribution in [2.45, 2.75) is 13.0 Å².